The second kappa shape index (κ2) is 9.04. The highest BCUT2D eigenvalue weighted by Crippen LogP contribution is 2.36. The van der Waals surface area contributed by atoms with Gasteiger partial charge in [0.15, 0.2) is 29.2 Å². The molecule has 3 heterocycles. The normalized spacial score (nSPS) is 23.9. The van der Waals surface area contributed by atoms with Gasteiger partial charge in [0.2, 0.25) is 5.28 Å². The first-order chi connectivity index (χ1) is 13.8. The summed E-state index contributed by atoms with van der Waals surface area (Å²) in [4.78, 5) is 35.5. The zero-order chi connectivity index (χ0) is 21.1. The van der Waals surface area contributed by atoms with Crippen LogP contribution in [0.5, 0.6) is 0 Å². The van der Waals surface area contributed by atoms with Crippen molar-refractivity contribution in [1.82, 2.24) is 19.5 Å². The fourth-order valence-electron chi connectivity index (χ4n) is 3.03. The Morgan fingerprint density at radius 3 is 2.59 bits per heavy atom. The molecule has 1 aliphatic rings. The van der Waals surface area contributed by atoms with E-state index in [1.165, 1.54) is 24.7 Å². The van der Waals surface area contributed by atoms with Gasteiger partial charge in [-0.25, -0.2) is 9.97 Å². The smallest absolute Gasteiger partial charge is 0.303 e. The van der Waals surface area contributed by atoms with E-state index in [1.54, 1.807) is 6.08 Å². The van der Waals surface area contributed by atoms with Crippen LogP contribution in [0.25, 0.3) is 11.2 Å². The van der Waals surface area contributed by atoms with Crippen molar-refractivity contribution >= 4 is 46.3 Å². The van der Waals surface area contributed by atoms with Crippen molar-refractivity contribution in [3.8, 4) is 0 Å². The lowest BCUT2D eigenvalue weighted by atomic mass is 10.1. The molecule has 12 heteroatoms. The Morgan fingerprint density at radius 1 is 1.24 bits per heavy atom. The number of imidazole rings is 1. The molecular formula is C17H18Cl2N4O6. The number of halogens is 2. The average Bonchev–Trinajstić information content (AvgIpc) is 3.17. The molecule has 156 valence electrons. The summed E-state index contributed by atoms with van der Waals surface area (Å²) in [7, 11) is 0. The van der Waals surface area contributed by atoms with Crippen molar-refractivity contribution in [2.75, 3.05) is 13.2 Å². The van der Waals surface area contributed by atoms with Gasteiger partial charge < -0.3 is 18.9 Å². The fraction of sp³-hybridized carbons (Fsp3) is 0.471. The molecule has 0 N–H and O–H groups in total. The summed E-state index contributed by atoms with van der Waals surface area (Å²) < 4.78 is 23.8. The second-order valence-electron chi connectivity index (χ2n) is 6.15. The maximum absolute atomic E-state index is 11.7. The zero-order valence-electron chi connectivity index (χ0n) is 15.6. The minimum Gasteiger partial charge on any atom is -0.456 e. The third kappa shape index (κ3) is 4.67. The molecule has 0 amide bonds. The Hall–Kier alpha value is -2.27. The van der Waals surface area contributed by atoms with Gasteiger partial charge in [-0.15, -0.1) is 6.58 Å². The lowest BCUT2D eigenvalue weighted by Crippen LogP contribution is -2.40. The molecule has 10 nitrogen and oxygen atoms in total. The van der Waals surface area contributed by atoms with Crippen LogP contribution in [0.2, 0.25) is 10.4 Å². The van der Waals surface area contributed by atoms with Crippen LogP contribution in [0.15, 0.2) is 19.0 Å². The van der Waals surface area contributed by atoms with Gasteiger partial charge >= 0.3 is 11.9 Å². The van der Waals surface area contributed by atoms with E-state index in [0.717, 1.165) is 0 Å². The molecule has 1 aliphatic heterocycles. The first-order valence-corrected chi connectivity index (χ1v) is 9.31. The molecule has 0 radical (unpaired) electrons. The molecule has 3 rings (SSSR count). The highest BCUT2D eigenvalue weighted by molar-refractivity contribution is 6.35. The Kier molecular flexibility index (Phi) is 6.68. The Morgan fingerprint density at radius 2 is 1.93 bits per heavy atom. The van der Waals surface area contributed by atoms with Crippen LogP contribution in [0, 0.1) is 0 Å². The summed E-state index contributed by atoms with van der Waals surface area (Å²) in [5.41, 5.74) is 0.558. The molecule has 4 atom stereocenters. The molecule has 0 spiro atoms. The van der Waals surface area contributed by atoms with Crippen molar-refractivity contribution in [2.24, 2.45) is 0 Å². The van der Waals surface area contributed by atoms with Gasteiger partial charge in [-0.05, 0) is 11.6 Å². The first-order valence-electron chi connectivity index (χ1n) is 8.56. The van der Waals surface area contributed by atoms with E-state index < -0.39 is 36.5 Å². The van der Waals surface area contributed by atoms with Crippen LogP contribution in [-0.4, -0.2) is 63.0 Å². The third-order valence-corrected chi connectivity index (χ3v) is 4.47. The fourth-order valence-corrected chi connectivity index (χ4v) is 3.45. The predicted molar refractivity (Wildman–Crippen MR) is 101 cm³/mol. The monoisotopic (exact) mass is 444 g/mol. The molecule has 0 aromatic carbocycles. The van der Waals surface area contributed by atoms with Gasteiger partial charge in [0, 0.05) is 13.8 Å². The van der Waals surface area contributed by atoms with E-state index >= 15 is 0 Å². The molecule has 2 aromatic heterocycles. The van der Waals surface area contributed by atoms with Crippen molar-refractivity contribution in [3.05, 3.63) is 29.4 Å². The van der Waals surface area contributed by atoms with Crippen molar-refractivity contribution in [3.63, 3.8) is 0 Å². The maximum Gasteiger partial charge on any atom is 0.303 e. The average molecular weight is 445 g/mol. The zero-order valence-corrected chi connectivity index (χ0v) is 17.1. The summed E-state index contributed by atoms with van der Waals surface area (Å²) >= 11 is 12.0. The number of rotatable bonds is 7. The standard InChI is InChI=1S/C17H18Cl2N4O6/c1-4-5-26-6-10-12(27-8(2)24)13(28-9(3)25)16(29-10)23-7-20-11-14(18)21-17(19)22-15(11)23/h4,7,10,12-13,16H,1,5-6H2,2-3H3/t10-,12-,13-,16-/m1/s1. The van der Waals surface area contributed by atoms with Gasteiger partial charge in [-0.1, -0.05) is 17.7 Å². The molecule has 2 aromatic rings. The quantitative estimate of drug-likeness (QED) is 0.208. The van der Waals surface area contributed by atoms with Crippen molar-refractivity contribution in [1.29, 1.82) is 0 Å². The molecule has 0 bridgehead atoms. The Bertz CT molecular complexity index is 936. The molecule has 0 saturated carbocycles. The SMILES string of the molecule is C=CCOC[C@H]1O[C@@H](n2cnc3c(Cl)nc(Cl)nc32)[C@H](OC(C)=O)[C@@H]1OC(C)=O. The summed E-state index contributed by atoms with van der Waals surface area (Å²) in [5, 5.41) is -0.0307. The van der Waals surface area contributed by atoms with Crippen LogP contribution >= 0.6 is 23.2 Å². The first kappa shape index (κ1) is 21.4. The van der Waals surface area contributed by atoms with Gasteiger partial charge in [-0.2, -0.15) is 4.98 Å². The topological polar surface area (TPSA) is 115 Å². The number of aromatic nitrogens is 4. The minimum atomic E-state index is -0.987. The molecular weight excluding hydrogens is 427 g/mol. The number of fused-ring (bicyclic) bond motifs is 1. The van der Waals surface area contributed by atoms with E-state index in [4.69, 9.17) is 42.1 Å². The summed E-state index contributed by atoms with van der Waals surface area (Å²) in [6.45, 7) is 6.41. The molecule has 1 fully saturated rings. The van der Waals surface area contributed by atoms with Crippen molar-refractivity contribution in [2.45, 2.75) is 38.4 Å². The summed E-state index contributed by atoms with van der Waals surface area (Å²) in [5.74, 6) is -1.14. The Balaban J connectivity index is 2.02. The van der Waals surface area contributed by atoms with Crippen LogP contribution in [0.1, 0.15) is 20.1 Å². The summed E-state index contributed by atoms with van der Waals surface area (Å²) in [6.07, 6.45) is -0.581. The van der Waals surface area contributed by atoms with E-state index in [9.17, 15) is 9.59 Å². The van der Waals surface area contributed by atoms with Crippen LogP contribution < -0.4 is 0 Å². The number of esters is 2. The highest BCUT2D eigenvalue weighted by atomic mass is 35.5. The van der Waals surface area contributed by atoms with Crippen LogP contribution in [-0.2, 0) is 28.5 Å². The van der Waals surface area contributed by atoms with E-state index in [0.29, 0.717) is 0 Å². The Labute approximate surface area is 175 Å². The number of nitrogens with zero attached hydrogens (tertiary/aromatic N) is 4. The van der Waals surface area contributed by atoms with Crippen LogP contribution in [0.4, 0.5) is 0 Å². The molecule has 0 aliphatic carbocycles. The van der Waals surface area contributed by atoms with Crippen molar-refractivity contribution < 1.29 is 28.5 Å². The van der Waals surface area contributed by atoms with Gasteiger partial charge in [0.1, 0.15) is 11.6 Å². The predicted octanol–water partition coefficient (Wildman–Crippen LogP) is 2.10. The third-order valence-electron chi connectivity index (χ3n) is 4.03. The maximum atomic E-state index is 11.7. The summed E-state index contributed by atoms with van der Waals surface area (Å²) in [6, 6.07) is 0. The second-order valence-corrected chi connectivity index (χ2v) is 6.84. The van der Waals surface area contributed by atoms with Gasteiger partial charge in [-0.3, -0.25) is 14.2 Å². The number of carbonyl (C=O) groups excluding carboxylic acids is 2. The minimum absolute atomic E-state index is 0.0585. The van der Waals surface area contributed by atoms with Gasteiger partial charge in [0.25, 0.3) is 0 Å². The molecule has 1 saturated heterocycles. The number of hydrogen-bond donors (Lipinski definition) is 0. The number of ether oxygens (including phenoxy) is 4. The van der Waals surface area contributed by atoms with Crippen LogP contribution in [0.3, 0.4) is 0 Å². The van der Waals surface area contributed by atoms with E-state index in [1.807, 2.05) is 0 Å². The number of hydrogen-bond acceptors (Lipinski definition) is 9. The highest BCUT2D eigenvalue weighted by Gasteiger charge is 2.50. The number of carbonyl (C=O) groups is 2. The van der Waals surface area contributed by atoms with E-state index in [-0.39, 0.29) is 34.8 Å². The largest absolute Gasteiger partial charge is 0.456 e. The lowest BCUT2D eigenvalue weighted by Gasteiger charge is -2.23. The molecule has 29 heavy (non-hydrogen) atoms. The van der Waals surface area contributed by atoms with Gasteiger partial charge in [0.05, 0.1) is 19.5 Å². The molecule has 0 unspecified atom stereocenters. The van der Waals surface area contributed by atoms with E-state index in [2.05, 4.69) is 21.5 Å². The lowest BCUT2D eigenvalue weighted by molar-refractivity contribution is -0.165.